The number of ether oxygens (including phenoxy) is 1. The third kappa shape index (κ3) is 3.01. The summed E-state index contributed by atoms with van der Waals surface area (Å²) in [5, 5.41) is 11.5. The van der Waals surface area contributed by atoms with E-state index in [1.807, 2.05) is 0 Å². The zero-order chi connectivity index (χ0) is 13.8. The van der Waals surface area contributed by atoms with Crippen molar-refractivity contribution < 1.29 is 9.66 Å². The Morgan fingerprint density at radius 1 is 1.47 bits per heavy atom. The molecule has 100 valence electrons. The number of non-ortho nitro benzene ring substituents is 1. The van der Waals surface area contributed by atoms with Gasteiger partial charge in [-0.05, 0) is 6.07 Å². The van der Waals surface area contributed by atoms with E-state index in [0.717, 1.165) is 0 Å². The Morgan fingerprint density at radius 3 is 2.95 bits per heavy atom. The second kappa shape index (κ2) is 5.68. The van der Waals surface area contributed by atoms with Gasteiger partial charge in [-0.2, -0.15) is 0 Å². The second-order valence-electron chi connectivity index (χ2n) is 4.20. The number of benzene rings is 1. The highest BCUT2D eigenvalue weighted by atomic mass is 16.6. The molecule has 0 radical (unpaired) electrons. The van der Waals surface area contributed by atoms with Crippen LogP contribution < -0.4 is 5.73 Å². The molecule has 0 saturated carbocycles. The third-order valence-corrected chi connectivity index (χ3v) is 2.75. The number of methoxy groups -OCH3 is 1. The smallest absolute Gasteiger partial charge is 0.270 e. The average Bonchev–Trinajstić information content (AvgIpc) is 2.38. The molecular formula is C12H14N4O3. The van der Waals surface area contributed by atoms with E-state index in [2.05, 4.69) is 9.97 Å². The van der Waals surface area contributed by atoms with E-state index in [0.29, 0.717) is 29.6 Å². The van der Waals surface area contributed by atoms with Crippen molar-refractivity contribution in [1.29, 1.82) is 0 Å². The number of nitrogens with zero attached hydrogens (tertiary/aromatic N) is 3. The first-order chi connectivity index (χ1) is 9.11. The average molecular weight is 262 g/mol. The molecule has 0 fully saturated rings. The Morgan fingerprint density at radius 2 is 2.26 bits per heavy atom. The van der Waals surface area contributed by atoms with Gasteiger partial charge in [0.05, 0.1) is 22.7 Å². The molecule has 7 heteroatoms. The van der Waals surface area contributed by atoms with Gasteiger partial charge in [0.25, 0.3) is 5.69 Å². The zero-order valence-corrected chi connectivity index (χ0v) is 10.4. The van der Waals surface area contributed by atoms with Crippen LogP contribution in [0.25, 0.3) is 10.9 Å². The van der Waals surface area contributed by atoms with Crippen molar-refractivity contribution >= 4 is 16.6 Å². The van der Waals surface area contributed by atoms with Gasteiger partial charge in [-0.15, -0.1) is 0 Å². The largest absolute Gasteiger partial charge is 0.383 e. The van der Waals surface area contributed by atoms with Crippen molar-refractivity contribution in [3.8, 4) is 0 Å². The van der Waals surface area contributed by atoms with Crippen LogP contribution in [0.2, 0.25) is 0 Å². The molecule has 0 aliphatic carbocycles. The van der Waals surface area contributed by atoms with Crippen LogP contribution in [0, 0.1) is 10.1 Å². The van der Waals surface area contributed by atoms with Gasteiger partial charge < -0.3 is 10.5 Å². The fourth-order valence-electron chi connectivity index (χ4n) is 1.90. The Hall–Kier alpha value is -2.12. The quantitative estimate of drug-likeness (QED) is 0.638. The molecule has 7 nitrogen and oxygen atoms in total. The summed E-state index contributed by atoms with van der Waals surface area (Å²) in [6, 6.07) is 4.31. The van der Waals surface area contributed by atoms with Gasteiger partial charge in [0.2, 0.25) is 0 Å². The summed E-state index contributed by atoms with van der Waals surface area (Å²) in [5.41, 5.74) is 7.26. The lowest BCUT2D eigenvalue weighted by Crippen LogP contribution is -2.28. The topological polar surface area (TPSA) is 104 Å². The van der Waals surface area contributed by atoms with Crippen molar-refractivity contribution in [3.63, 3.8) is 0 Å². The summed E-state index contributed by atoms with van der Waals surface area (Å²) in [4.78, 5) is 18.6. The normalized spacial score (nSPS) is 12.5. The van der Waals surface area contributed by atoms with Crippen molar-refractivity contribution in [2.45, 2.75) is 12.5 Å². The van der Waals surface area contributed by atoms with Crippen LogP contribution >= 0.6 is 0 Å². The molecule has 2 N–H and O–H groups in total. The SMILES string of the molecule is COCC(N)Cc1ncnc2ccc([N+](=O)[O-])cc12. The summed E-state index contributed by atoms with van der Waals surface area (Å²) in [5.74, 6) is 0. The van der Waals surface area contributed by atoms with Crippen LogP contribution in [-0.2, 0) is 11.2 Å². The zero-order valence-electron chi connectivity index (χ0n) is 10.4. The van der Waals surface area contributed by atoms with Gasteiger partial charge in [-0.25, -0.2) is 9.97 Å². The Kier molecular flexibility index (Phi) is 3.98. The number of hydrogen-bond acceptors (Lipinski definition) is 6. The van der Waals surface area contributed by atoms with Gasteiger partial charge in [-0.1, -0.05) is 0 Å². The second-order valence-corrected chi connectivity index (χ2v) is 4.20. The molecule has 2 aromatic rings. The van der Waals surface area contributed by atoms with Crippen LogP contribution in [0.5, 0.6) is 0 Å². The number of rotatable bonds is 5. The van der Waals surface area contributed by atoms with Crippen LogP contribution in [0.15, 0.2) is 24.5 Å². The molecule has 1 heterocycles. The van der Waals surface area contributed by atoms with Gasteiger partial charge in [0.15, 0.2) is 0 Å². The molecule has 1 unspecified atom stereocenters. The summed E-state index contributed by atoms with van der Waals surface area (Å²) in [7, 11) is 1.57. The molecule has 1 atom stereocenters. The standard InChI is InChI=1S/C12H14N4O3/c1-19-6-8(13)4-12-10-5-9(16(17)18)2-3-11(10)14-7-15-12/h2-3,5,7-8H,4,6,13H2,1H3. The fraction of sp³-hybridized carbons (Fsp3) is 0.333. The lowest BCUT2D eigenvalue weighted by molar-refractivity contribution is -0.384. The van der Waals surface area contributed by atoms with Crippen molar-refractivity contribution in [3.05, 3.63) is 40.3 Å². The Balaban J connectivity index is 2.42. The summed E-state index contributed by atoms with van der Waals surface area (Å²) in [6.07, 6.45) is 1.91. The van der Waals surface area contributed by atoms with Crippen LogP contribution in [-0.4, -0.2) is 34.6 Å². The highest BCUT2D eigenvalue weighted by Crippen LogP contribution is 2.21. The molecule has 0 aliphatic heterocycles. The number of nitro benzene ring substituents is 1. The molecule has 0 saturated heterocycles. The van der Waals surface area contributed by atoms with E-state index in [4.69, 9.17) is 10.5 Å². The molecular weight excluding hydrogens is 248 g/mol. The van der Waals surface area contributed by atoms with Gasteiger partial charge in [-0.3, -0.25) is 10.1 Å². The molecule has 0 bridgehead atoms. The molecule has 1 aromatic heterocycles. The molecule has 0 amide bonds. The number of fused-ring (bicyclic) bond motifs is 1. The fourth-order valence-corrected chi connectivity index (χ4v) is 1.90. The van der Waals surface area contributed by atoms with E-state index >= 15 is 0 Å². The maximum atomic E-state index is 10.8. The number of aromatic nitrogens is 2. The van der Waals surface area contributed by atoms with Gasteiger partial charge in [0, 0.05) is 37.1 Å². The Labute approximate surface area is 109 Å². The minimum atomic E-state index is -0.439. The first kappa shape index (κ1) is 13.3. The summed E-state index contributed by atoms with van der Waals surface area (Å²) >= 11 is 0. The summed E-state index contributed by atoms with van der Waals surface area (Å²) in [6.45, 7) is 0.403. The first-order valence-corrected chi connectivity index (χ1v) is 5.74. The first-order valence-electron chi connectivity index (χ1n) is 5.74. The van der Waals surface area contributed by atoms with E-state index in [1.54, 1.807) is 13.2 Å². The van der Waals surface area contributed by atoms with Crippen molar-refractivity contribution in [1.82, 2.24) is 9.97 Å². The molecule has 0 aliphatic rings. The maximum absolute atomic E-state index is 10.8. The highest BCUT2D eigenvalue weighted by molar-refractivity contribution is 5.83. The van der Waals surface area contributed by atoms with Gasteiger partial charge in [0.1, 0.15) is 6.33 Å². The van der Waals surface area contributed by atoms with Crippen molar-refractivity contribution in [2.75, 3.05) is 13.7 Å². The van der Waals surface area contributed by atoms with Crippen molar-refractivity contribution in [2.24, 2.45) is 5.73 Å². The Bertz CT molecular complexity index is 603. The lowest BCUT2D eigenvalue weighted by atomic mass is 10.1. The minimum absolute atomic E-state index is 0.0175. The third-order valence-electron chi connectivity index (χ3n) is 2.75. The lowest BCUT2D eigenvalue weighted by Gasteiger charge is -2.11. The number of nitro groups is 1. The number of nitrogens with two attached hydrogens (primary N) is 1. The number of hydrogen-bond donors (Lipinski definition) is 1. The van der Waals surface area contributed by atoms with E-state index in [1.165, 1.54) is 18.5 Å². The highest BCUT2D eigenvalue weighted by Gasteiger charge is 2.13. The maximum Gasteiger partial charge on any atom is 0.270 e. The molecule has 2 rings (SSSR count). The monoisotopic (exact) mass is 262 g/mol. The van der Waals surface area contributed by atoms with E-state index in [9.17, 15) is 10.1 Å². The van der Waals surface area contributed by atoms with E-state index in [-0.39, 0.29) is 11.7 Å². The van der Waals surface area contributed by atoms with Crippen LogP contribution in [0.3, 0.4) is 0 Å². The molecule has 1 aromatic carbocycles. The minimum Gasteiger partial charge on any atom is -0.383 e. The van der Waals surface area contributed by atoms with Gasteiger partial charge >= 0.3 is 0 Å². The van der Waals surface area contributed by atoms with Crippen LogP contribution in [0.1, 0.15) is 5.69 Å². The van der Waals surface area contributed by atoms with Crippen LogP contribution in [0.4, 0.5) is 5.69 Å². The predicted octanol–water partition coefficient (Wildman–Crippen LogP) is 1.05. The predicted molar refractivity (Wildman–Crippen MR) is 69.7 cm³/mol. The summed E-state index contributed by atoms with van der Waals surface area (Å²) < 4.78 is 4.97. The van der Waals surface area contributed by atoms with E-state index < -0.39 is 4.92 Å². The molecule has 0 spiro atoms. The molecule has 19 heavy (non-hydrogen) atoms.